The number of hydrogen-bond donors (Lipinski definition) is 1. The largest absolute Gasteiger partial charge is 0.378 e. The molecular formula is C16H32N2O. The fourth-order valence-electron chi connectivity index (χ4n) is 4.10. The van der Waals surface area contributed by atoms with Crippen molar-refractivity contribution in [3.05, 3.63) is 0 Å². The van der Waals surface area contributed by atoms with Crippen LogP contribution in [0, 0.1) is 5.92 Å². The second-order valence-corrected chi connectivity index (χ2v) is 6.46. The van der Waals surface area contributed by atoms with Gasteiger partial charge in [-0.2, -0.15) is 0 Å². The van der Waals surface area contributed by atoms with Crippen molar-refractivity contribution in [2.75, 3.05) is 26.3 Å². The van der Waals surface area contributed by atoms with Gasteiger partial charge in [0.05, 0.1) is 13.2 Å². The minimum absolute atomic E-state index is 0.258. The minimum atomic E-state index is 0.258. The highest BCUT2D eigenvalue weighted by molar-refractivity contribution is 4.97. The van der Waals surface area contributed by atoms with Gasteiger partial charge in [0.25, 0.3) is 0 Å². The third kappa shape index (κ3) is 3.32. The molecular weight excluding hydrogens is 236 g/mol. The maximum atomic E-state index is 6.26. The van der Waals surface area contributed by atoms with Gasteiger partial charge in [-0.25, -0.2) is 0 Å². The number of rotatable bonds is 4. The molecule has 0 radical (unpaired) electrons. The van der Waals surface area contributed by atoms with Gasteiger partial charge in [-0.1, -0.05) is 33.1 Å². The Morgan fingerprint density at radius 1 is 1.21 bits per heavy atom. The molecule has 3 unspecified atom stereocenters. The smallest absolute Gasteiger partial charge is 0.0622 e. The van der Waals surface area contributed by atoms with Crippen molar-refractivity contribution in [1.29, 1.82) is 0 Å². The predicted octanol–water partition coefficient (Wildman–Crippen LogP) is 2.79. The first kappa shape index (κ1) is 15.3. The molecule has 19 heavy (non-hydrogen) atoms. The van der Waals surface area contributed by atoms with Crippen LogP contribution in [0.5, 0.6) is 0 Å². The first-order chi connectivity index (χ1) is 9.25. The van der Waals surface area contributed by atoms with E-state index in [9.17, 15) is 0 Å². The van der Waals surface area contributed by atoms with E-state index in [1.54, 1.807) is 0 Å². The Kier molecular flexibility index (Phi) is 5.67. The molecule has 112 valence electrons. The van der Waals surface area contributed by atoms with E-state index < -0.39 is 0 Å². The highest BCUT2D eigenvalue weighted by atomic mass is 16.5. The predicted molar refractivity (Wildman–Crippen MR) is 80.3 cm³/mol. The molecule has 0 aromatic heterocycles. The highest BCUT2D eigenvalue weighted by Crippen LogP contribution is 2.37. The van der Waals surface area contributed by atoms with Gasteiger partial charge < -0.3 is 10.5 Å². The van der Waals surface area contributed by atoms with Crippen molar-refractivity contribution < 1.29 is 4.74 Å². The number of morpholine rings is 1. The summed E-state index contributed by atoms with van der Waals surface area (Å²) in [4.78, 5) is 2.72. The van der Waals surface area contributed by atoms with Crippen LogP contribution in [0.25, 0.3) is 0 Å². The molecule has 1 aliphatic carbocycles. The zero-order valence-corrected chi connectivity index (χ0v) is 12.9. The van der Waals surface area contributed by atoms with Crippen molar-refractivity contribution in [2.24, 2.45) is 11.7 Å². The number of nitrogens with two attached hydrogens (primary N) is 1. The van der Waals surface area contributed by atoms with Crippen LogP contribution in [0.4, 0.5) is 0 Å². The average molecular weight is 268 g/mol. The van der Waals surface area contributed by atoms with Crippen LogP contribution in [0.15, 0.2) is 0 Å². The summed E-state index contributed by atoms with van der Waals surface area (Å²) >= 11 is 0. The Morgan fingerprint density at radius 3 is 2.74 bits per heavy atom. The molecule has 0 bridgehead atoms. The maximum absolute atomic E-state index is 6.26. The van der Waals surface area contributed by atoms with Gasteiger partial charge in [0.2, 0.25) is 0 Å². The van der Waals surface area contributed by atoms with Crippen LogP contribution in [-0.2, 0) is 4.74 Å². The van der Waals surface area contributed by atoms with E-state index in [4.69, 9.17) is 10.5 Å². The molecule has 1 aliphatic heterocycles. The molecule has 3 atom stereocenters. The fourth-order valence-corrected chi connectivity index (χ4v) is 4.10. The normalized spacial score (nSPS) is 38.1. The third-order valence-electron chi connectivity index (χ3n) is 5.54. The molecule has 0 amide bonds. The van der Waals surface area contributed by atoms with Crippen molar-refractivity contribution in [1.82, 2.24) is 4.90 Å². The van der Waals surface area contributed by atoms with E-state index in [0.29, 0.717) is 6.04 Å². The van der Waals surface area contributed by atoms with Crippen LogP contribution in [0.2, 0.25) is 0 Å². The standard InChI is InChI=1S/C16H32N2O/c1-3-14-6-5-8-16(13-17,9-7-14)18-10-11-19-12-15(18)4-2/h14-15H,3-13,17H2,1-2H3. The number of ether oxygens (including phenoxy) is 1. The maximum Gasteiger partial charge on any atom is 0.0622 e. The van der Waals surface area contributed by atoms with E-state index in [1.165, 1.54) is 44.9 Å². The van der Waals surface area contributed by atoms with E-state index in [-0.39, 0.29) is 5.54 Å². The summed E-state index contributed by atoms with van der Waals surface area (Å²) < 4.78 is 5.67. The zero-order valence-electron chi connectivity index (χ0n) is 12.9. The van der Waals surface area contributed by atoms with Crippen LogP contribution in [0.3, 0.4) is 0 Å². The van der Waals surface area contributed by atoms with Crippen LogP contribution >= 0.6 is 0 Å². The summed E-state index contributed by atoms with van der Waals surface area (Å²) in [5, 5.41) is 0. The molecule has 0 aromatic rings. The summed E-state index contributed by atoms with van der Waals surface area (Å²) in [5.74, 6) is 0.926. The molecule has 1 saturated carbocycles. The van der Waals surface area contributed by atoms with Gasteiger partial charge in [-0.05, 0) is 31.6 Å². The lowest BCUT2D eigenvalue weighted by atomic mass is 9.85. The quantitative estimate of drug-likeness (QED) is 0.797. The topological polar surface area (TPSA) is 38.5 Å². The van der Waals surface area contributed by atoms with E-state index in [2.05, 4.69) is 18.7 Å². The Balaban J connectivity index is 2.11. The van der Waals surface area contributed by atoms with Crippen LogP contribution in [-0.4, -0.2) is 42.8 Å². The fraction of sp³-hybridized carbons (Fsp3) is 1.00. The number of hydrogen-bond acceptors (Lipinski definition) is 3. The molecule has 2 N–H and O–H groups in total. The number of nitrogens with zero attached hydrogens (tertiary/aromatic N) is 1. The average Bonchev–Trinajstić information content (AvgIpc) is 2.70. The second-order valence-electron chi connectivity index (χ2n) is 6.46. The Bertz CT molecular complexity index is 271. The van der Waals surface area contributed by atoms with Crippen LogP contribution in [0.1, 0.15) is 58.8 Å². The Hall–Kier alpha value is -0.120. The van der Waals surface area contributed by atoms with Gasteiger partial charge in [0.1, 0.15) is 0 Å². The summed E-state index contributed by atoms with van der Waals surface area (Å²) in [6.45, 7) is 8.29. The van der Waals surface area contributed by atoms with E-state index in [1.807, 2.05) is 0 Å². The van der Waals surface area contributed by atoms with E-state index in [0.717, 1.165) is 32.2 Å². The Morgan fingerprint density at radius 2 is 2.05 bits per heavy atom. The monoisotopic (exact) mass is 268 g/mol. The molecule has 1 saturated heterocycles. The van der Waals surface area contributed by atoms with E-state index >= 15 is 0 Å². The van der Waals surface area contributed by atoms with Gasteiger partial charge >= 0.3 is 0 Å². The van der Waals surface area contributed by atoms with Crippen molar-refractivity contribution in [3.8, 4) is 0 Å². The Labute approximate surface area is 118 Å². The summed E-state index contributed by atoms with van der Waals surface area (Å²) in [7, 11) is 0. The first-order valence-corrected chi connectivity index (χ1v) is 8.30. The molecule has 0 aromatic carbocycles. The molecule has 0 spiro atoms. The van der Waals surface area contributed by atoms with Crippen LogP contribution < -0.4 is 5.73 Å². The minimum Gasteiger partial charge on any atom is -0.378 e. The molecule has 2 aliphatic rings. The summed E-state index contributed by atoms with van der Waals surface area (Å²) in [5.41, 5.74) is 6.52. The molecule has 2 fully saturated rings. The second kappa shape index (κ2) is 7.05. The van der Waals surface area contributed by atoms with Crippen molar-refractivity contribution in [3.63, 3.8) is 0 Å². The third-order valence-corrected chi connectivity index (χ3v) is 5.54. The highest BCUT2D eigenvalue weighted by Gasteiger charge is 2.41. The lowest BCUT2D eigenvalue weighted by Crippen LogP contribution is -2.61. The lowest BCUT2D eigenvalue weighted by Gasteiger charge is -2.49. The molecule has 1 heterocycles. The zero-order chi connectivity index (χ0) is 13.7. The first-order valence-electron chi connectivity index (χ1n) is 8.30. The van der Waals surface area contributed by atoms with Gasteiger partial charge in [-0.15, -0.1) is 0 Å². The SMILES string of the molecule is CCC1CCCC(CN)(N2CCOCC2CC)CC1. The van der Waals surface area contributed by atoms with Gasteiger partial charge in [-0.3, -0.25) is 4.90 Å². The van der Waals surface area contributed by atoms with Crippen molar-refractivity contribution >= 4 is 0 Å². The summed E-state index contributed by atoms with van der Waals surface area (Å²) in [6, 6.07) is 0.579. The lowest BCUT2D eigenvalue weighted by molar-refractivity contribution is -0.0692. The molecule has 2 rings (SSSR count). The van der Waals surface area contributed by atoms with Crippen molar-refractivity contribution in [2.45, 2.75) is 70.4 Å². The van der Waals surface area contributed by atoms with Gasteiger partial charge in [0, 0.05) is 24.7 Å². The summed E-state index contributed by atoms with van der Waals surface area (Å²) in [6.07, 6.45) is 9.21. The molecule has 3 nitrogen and oxygen atoms in total. The van der Waals surface area contributed by atoms with Gasteiger partial charge in [0.15, 0.2) is 0 Å². The molecule has 3 heteroatoms.